The maximum Gasteiger partial charge on any atom is 0.274 e. The molecule has 0 aromatic carbocycles. The predicted octanol–water partition coefficient (Wildman–Crippen LogP) is -0.150. The van der Waals surface area contributed by atoms with E-state index in [1.807, 2.05) is 12.1 Å². The third kappa shape index (κ3) is 4.28. The Balaban J connectivity index is 2.07. The van der Waals surface area contributed by atoms with Gasteiger partial charge in [0.25, 0.3) is 5.91 Å². The van der Waals surface area contributed by atoms with Crippen LogP contribution in [-0.2, 0) is 11.3 Å². The van der Waals surface area contributed by atoms with Crippen LogP contribution in [0, 0.1) is 0 Å². The number of pyridine rings is 1. The van der Waals surface area contributed by atoms with Gasteiger partial charge in [-0.1, -0.05) is 6.58 Å². The molecule has 0 saturated heterocycles. The third-order valence-electron chi connectivity index (χ3n) is 2.86. The molecule has 23 heavy (non-hydrogen) atoms. The Morgan fingerprint density at radius 3 is 3.04 bits per heavy atom. The average molecular weight is 317 g/mol. The lowest BCUT2D eigenvalue weighted by molar-refractivity contribution is 0.0960. The van der Waals surface area contributed by atoms with E-state index in [2.05, 4.69) is 27.5 Å². The third-order valence-corrected chi connectivity index (χ3v) is 2.86. The number of rotatable bonds is 7. The molecule has 6 N–H and O–H groups in total. The van der Waals surface area contributed by atoms with E-state index in [4.69, 9.17) is 16.3 Å². The van der Waals surface area contributed by atoms with E-state index in [0.717, 1.165) is 5.56 Å². The molecule has 1 amide bonds. The zero-order valence-corrected chi connectivity index (χ0v) is 12.7. The van der Waals surface area contributed by atoms with Gasteiger partial charge in [-0.05, 0) is 24.6 Å². The van der Waals surface area contributed by atoms with Crippen LogP contribution in [0.15, 0.2) is 41.9 Å². The number of aromatic nitrogens is 2. The van der Waals surface area contributed by atoms with Gasteiger partial charge >= 0.3 is 0 Å². The summed E-state index contributed by atoms with van der Waals surface area (Å²) in [6.07, 6.45) is 3.27. The van der Waals surface area contributed by atoms with Gasteiger partial charge in [0.05, 0.1) is 12.8 Å². The van der Waals surface area contributed by atoms with Crippen LogP contribution in [-0.4, -0.2) is 27.7 Å². The summed E-state index contributed by atoms with van der Waals surface area (Å²) in [7, 11) is 0. The van der Waals surface area contributed by atoms with Crippen molar-refractivity contribution in [3.05, 3.63) is 48.1 Å². The highest BCUT2D eigenvalue weighted by atomic mass is 16.5. The number of ether oxygens (including phenoxy) is 1. The molecule has 0 unspecified atom stereocenters. The minimum absolute atomic E-state index is 0.149. The van der Waals surface area contributed by atoms with Crippen LogP contribution in [0.3, 0.4) is 0 Å². The summed E-state index contributed by atoms with van der Waals surface area (Å²) >= 11 is 0. The van der Waals surface area contributed by atoms with Crippen LogP contribution < -0.4 is 22.4 Å². The minimum Gasteiger partial charge on any atom is -0.384 e. The van der Waals surface area contributed by atoms with Crippen molar-refractivity contribution in [2.45, 2.75) is 13.5 Å². The zero-order chi connectivity index (χ0) is 16.8. The molecule has 2 aromatic heterocycles. The van der Waals surface area contributed by atoms with E-state index in [-0.39, 0.29) is 18.3 Å². The number of imidazole rings is 1. The number of hydrazine groups is 1. The molecule has 122 valence electrons. The molecule has 0 radical (unpaired) electrons. The van der Waals surface area contributed by atoms with Crippen LogP contribution in [0.5, 0.6) is 0 Å². The average Bonchev–Trinajstić information content (AvgIpc) is 2.90. The number of nitrogens with zero attached hydrogens (tertiary/aromatic N) is 3. The van der Waals surface area contributed by atoms with Gasteiger partial charge in [-0.15, -0.1) is 5.10 Å². The van der Waals surface area contributed by atoms with Crippen LogP contribution in [0.2, 0.25) is 0 Å². The first kappa shape index (κ1) is 16.5. The van der Waals surface area contributed by atoms with Gasteiger partial charge in [-0.3, -0.25) is 9.20 Å². The number of fused-ring (bicyclic) bond motifs is 1. The molecule has 0 aliphatic carbocycles. The summed E-state index contributed by atoms with van der Waals surface area (Å²) in [5, 5.41) is 6.23. The summed E-state index contributed by atoms with van der Waals surface area (Å²) in [4.78, 5) is 16.2. The molecule has 9 heteroatoms. The summed E-state index contributed by atoms with van der Waals surface area (Å²) in [5.74, 6) is 5.00. The van der Waals surface area contributed by atoms with Gasteiger partial charge in [0.2, 0.25) is 0 Å². The van der Waals surface area contributed by atoms with Gasteiger partial charge in [-0.2, -0.15) is 0 Å². The number of hydrogen-bond donors (Lipinski definition) is 4. The fourth-order valence-electron chi connectivity index (χ4n) is 1.93. The second-order valence-corrected chi connectivity index (χ2v) is 4.87. The van der Waals surface area contributed by atoms with Crippen molar-refractivity contribution in [3.8, 4) is 0 Å². The number of amidine groups is 1. The number of carbonyl (C=O) groups is 1. The molecule has 9 nitrogen and oxygen atoms in total. The smallest absolute Gasteiger partial charge is 0.274 e. The fourth-order valence-corrected chi connectivity index (χ4v) is 1.93. The number of hydrogen-bond acceptors (Lipinski definition) is 6. The van der Waals surface area contributed by atoms with Crippen LogP contribution in [0.4, 0.5) is 0 Å². The summed E-state index contributed by atoms with van der Waals surface area (Å²) in [5.41, 5.74) is 10.2. The normalized spacial score (nSPS) is 11.5. The Kier molecular flexibility index (Phi) is 5.28. The molecule has 2 rings (SSSR count). The highest BCUT2D eigenvalue weighted by Gasteiger charge is 2.12. The monoisotopic (exact) mass is 317 g/mol. The van der Waals surface area contributed by atoms with E-state index in [0.29, 0.717) is 23.6 Å². The summed E-state index contributed by atoms with van der Waals surface area (Å²) in [6, 6.07) is 3.66. The first-order valence-electron chi connectivity index (χ1n) is 6.79. The largest absolute Gasteiger partial charge is 0.384 e. The van der Waals surface area contributed by atoms with E-state index < -0.39 is 0 Å². The summed E-state index contributed by atoms with van der Waals surface area (Å²) < 4.78 is 7.10. The van der Waals surface area contributed by atoms with Crippen LogP contribution in [0.1, 0.15) is 23.0 Å². The first-order chi connectivity index (χ1) is 11.0. The van der Waals surface area contributed by atoms with E-state index in [1.54, 1.807) is 17.5 Å². The molecule has 2 heterocycles. The number of allylic oxidation sites excluding steroid dienone is 1. The van der Waals surface area contributed by atoms with Crippen molar-refractivity contribution in [2.24, 2.45) is 16.7 Å². The molecular formula is C14H19N7O2. The topological polar surface area (TPSA) is 132 Å². The highest BCUT2D eigenvalue weighted by molar-refractivity contribution is 5.94. The van der Waals surface area contributed by atoms with Crippen LogP contribution in [0.25, 0.3) is 5.65 Å². The molecule has 0 aliphatic heterocycles. The Morgan fingerprint density at radius 1 is 1.57 bits per heavy atom. The lowest BCUT2D eigenvalue weighted by Crippen LogP contribution is -2.25. The Hall–Kier alpha value is -2.91. The SMILES string of the molecule is C=C(C)NC(=O)c1cnc2cc(COC/C(N)=N/NN)ccn12. The first-order valence-corrected chi connectivity index (χ1v) is 6.79. The second-order valence-electron chi connectivity index (χ2n) is 4.87. The maximum absolute atomic E-state index is 12.0. The lowest BCUT2D eigenvalue weighted by Gasteiger charge is -2.06. The Morgan fingerprint density at radius 2 is 2.35 bits per heavy atom. The lowest BCUT2D eigenvalue weighted by atomic mass is 10.3. The molecule has 0 spiro atoms. The quantitative estimate of drug-likeness (QED) is 0.243. The number of amides is 1. The van der Waals surface area contributed by atoms with Crippen molar-refractivity contribution in [1.29, 1.82) is 0 Å². The van der Waals surface area contributed by atoms with Gasteiger partial charge in [0.15, 0.2) is 0 Å². The highest BCUT2D eigenvalue weighted by Crippen LogP contribution is 2.11. The predicted molar refractivity (Wildman–Crippen MR) is 86.1 cm³/mol. The second kappa shape index (κ2) is 7.38. The number of nitrogens with two attached hydrogens (primary N) is 2. The minimum atomic E-state index is -0.257. The number of hydrazone groups is 1. The van der Waals surface area contributed by atoms with Crippen molar-refractivity contribution in [3.63, 3.8) is 0 Å². The Bertz CT molecular complexity index is 751. The fraction of sp³-hybridized carbons (Fsp3) is 0.214. The van der Waals surface area contributed by atoms with E-state index in [1.165, 1.54) is 6.20 Å². The van der Waals surface area contributed by atoms with E-state index in [9.17, 15) is 4.79 Å². The van der Waals surface area contributed by atoms with Gasteiger partial charge in [0.1, 0.15) is 23.8 Å². The standard InChI is InChI=1S/C14H19N7O2/c1-9(2)18-14(22)11-6-17-13-5-10(3-4-21(11)13)7-23-8-12(15)19-20-16/h3-6,20H,1,7-8,16H2,2H3,(H2,15,19)(H,18,22). The Labute approximate surface area is 133 Å². The molecule has 0 aliphatic rings. The van der Waals surface area contributed by atoms with Gasteiger partial charge in [0, 0.05) is 11.9 Å². The molecule has 2 aromatic rings. The van der Waals surface area contributed by atoms with Gasteiger partial charge < -0.3 is 15.8 Å². The molecule has 0 saturated carbocycles. The molecule has 0 bridgehead atoms. The number of carbonyl (C=O) groups excluding carboxylic acids is 1. The van der Waals surface area contributed by atoms with Crippen LogP contribution >= 0.6 is 0 Å². The van der Waals surface area contributed by atoms with Crippen molar-refractivity contribution in [2.75, 3.05) is 6.61 Å². The number of nitrogens with one attached hydrogen (secondary N) is 2. The molecule has 0 fully saturated rings. The van der Waals surface area contributed by atoms with E-state index >= 15 is 0 Å². The van der Waals surface area contributed by atoms with Crippen molar-refractivity contribution < 1.29 is 9.53 Å². The molecular weight excluding hydrogens is 298 g/mol. The van der Waals surface area contributed by atoms with Crippen molar-refractivity contribution >= 4 is 17.4 Å². The van der Waals surface area contributed by atoms with Crippen molar-refractivity contribution in [1.82, 2.24) is 20.2 Å². The summed E-state index contributed by atoms with van der Waals surface area (Å²) in [6.45, 7) is 5.84. The maximum atomic E-state index is 12.0. The molecule has 0 atom stereocenters. The van der Waals surface area contributed by atoms with Gasteiger partial charge in [-0.25, -0.2) is 16.4 Å². The zero-order valence-electron chi connectivity index (χ0n) is 12.7.